The second-order valence-corrected chi connectivity index (χ2v) is 2.54. The van der Waals surface area contributed by atoms with Gasteiger partial charge < -0.3 is 4.90 Å². The fourth-order valence-electron chi connectivity index (χ4n) is 0.753. The molecule has 1 aliphatic heterocycles. The molecule has 1 heterocycles. The predicted molar refractivity (Wildman–Crippen MR) is 35.6 cm³/mol. The number of urea groups is 1. The van der Waals surface area contributed by atoms with Crippen molar-refractivity contribution in [1.82, 2.24) is 9.80 Å². The second-order valence-electron chi connectivity index (χ2n) is 2.13. The highest BCUT2D eigenvalue weighted by atomic mass is 35.5. The molecule has 0 radical (unpaired) electrons. The van der Waals surface area contributed by atoms with Crippen molar-refractivity contribution in [3.05, 3.63) is 0 Å². The molecule has 0 N–H and O–H groups in total. The largest absolute Gasteiger partial charge is 0.327 e. The topological polar surface area (TPSA) is 40.6 Å². The van der Waals surface area contributed by atoms with Gasteiger partial charge in [-0.25, -0.2) is 4.79 Å². The van der Waals surface area contributed by atoms with E-state index in [9.17, 15) is 9.59 Å². The zero-order valence-electron chi connectivity index (χ0n) is 5.67. The molecule has 0 aromatic rings. The Morgan fingerprint density at radius 2 is 1.90 bits per heavy atom. The fraction of sp³-hybridized carbons (Fsp3) is 0.600. The lowest BCUT2D eigenvalue weighted by atomic mass is 10.6. The molecule has 0 aromatic heterocycles. The molecule has 4 nitrogen and oxygen atoms in total. The molecule has 0 spiro atoms. The quantitative estimate of drug-likeness (QED) is 0.288. The molecule has 5 heteroatoms. The van der Waals surface area contributed by atoms with Gasteiger partial charge in [-0.2, -0.15) is 0 Å². The van der Waals surface area contributed by atoms with Crippen molar-refractivity contribution in [3.63, 3.8) is 0 Å². The number of likely N-dealkylation sites (N-methyl/N-ethyl adjacent to an activating group) is 2. The van der Waals surface area contributed by atoms with Gasteiger partial charge in [-0.05, 0) is 0 Å². The maximum atomic E-state index is 10.9. The lowest BCUT2D eigenvalue weighted by Crippen LogP contribution is -2.27. The Kier molecular flexibility index (Phi) is 1.56. The van der Waals surface area contributed by atoms with Crippen LogP contribution in [0.3, 0.4) is 0 Å². The molecule has 0 saturated carbocycles. The number of hydrogen-bond donors (Lipinski definition) is 0. The van der Waals surface area contributed by atoms with E-state index in [4.69, 9.17) is 11.6 Å². The minimum Gasteiger partial charge on any atom is -0.302 e. The lowest BCUT2D eigenvalue weighted by Gasteiger charge is -2.07. The summed E-state index contributed by atoms with van der Waals surface area (Å²) in [7, 11) is 2.89. The van der Waals surface area contributed by atoms with Crippen LogP contribution in [0.25, 0.3) is 0 Å². The van der Waals surface area contributed by atoms with E-state index in [1.54, 1.807) is 0 Å². The average molecular weight is 163 g/mol. The van der Waals surface area contributed by atoms with E-state index in [1.807, 2.05) is 0 Å². The van der Waals surface area contributed by atoms with Crippen LogP contribution in [0, 0.1) is 0 Å². The Balaban J connectivity index is 2.89. The number of imide groups is 1. The Morgan fingerprint density at radius 3 is 2.00 bits per heavy atom. The molecule has 56 valence electrons. The summed E-state index contributed by atoms with van der Waals surface area (Å²) in [6.07, 6.45) is 0. The molecule has 0 aliphatic carbocycles. The van der Waals surface area contributed by atoms with Crippen LogP contribution in [-0.2, 0) is 4.79 Å². The summed E-state index contributed by atoms with van der Waals surface area (Å²) in [5.41, 5.74) is -0.822. The van der Waals surface area contributed by atoms with Crippen molar-refractivity contribution in [1.29, 1.82) is 0 Å². The normalized spacial score (nSPS) is 26.5. The average Bonchev–Trinajstić information content (AvgIpc) is 2.07. The Bertz CT molecular complexity index is 174. The Hall–Kier alpha value is -0.770. The van der Waals surface area contributed by atoms with Gasteiger partial charge in [-0.3, -0.25) is 9.69 Å². The summed E-state index contributed by atoms with van der Waals surface area (Å²) in [6.45, 7) is 0. The van der Waals surface area contributed by atoms with Crippen LogP contribution in [0.15, 0.2) is 0 Å². The first-order chi connectivity index (χ1) is 4.55. The summed E-state index contributed by atoms with van der Waals surface area (Å²) in [4.78, 5) is 23.9. The third-order valence-corrected chi connectivity index (χ3v) is 1.94. The van der Waals surface area contributed by atoms with Crippen LogP contribution in [0.5, 0.6) is 0 Å². The SMILES string of the molecule is CN1C(=O)C(Cl)N(C)C1=O. The van der Waals surface area contributed by atoms with Gasteiger partial charge in [0.1, 0.15) is 0 Å². The van der Waals surface area contributed by atoms with Crippen molar-refractivity contribution in [2.75, 3.05) is 14.1 Å². The molecule has 1 saturated heterocycles. The molecule has 1 fully saturated rings. The Labute approximate surface area is 63.3 Å². The highest BCUT2D eigenvalue weighted by Gasteiger charge is 2.39. The molecule has 3 amide bonds. The van der Waals surface area contributed by atoms with Gasteiger partial charge in [0.15, 0.2) is 5.50 Å². The van der Waals surface area contributed by atoms with Gasteiger partial charge in [0, 0.05) is 14.1 Å². The van der Waals surface area contributed by atoms with Gasteiger partial charge in [-0.1, -0.05) is 11.6 Å². The summed E-state index contributed by atoms with van der Waals surface area (Å²) < 4.78 is 0. The van der Waals surface area contributed by atoms with E-state index >= 15 is 0 Å². The number of alkyl halides is 1. The maximum Gasteiger partial charge on any atom is 0.327 e. The highest BCUT2D eigenvalue weighted by Crippen LogP contribution is 2.15. The summed E-state index contributed by atoms with van der Waals surface area (Å²) >= 11 is 5.52. The van der Waals surface area contributed by atoms with Gasteiger partial charge >= 0.3 is 6.03 Å². The van der Waals surface area contributed by atoms with Gasteiger partial charge in [-0.15, -0.1) is 0 Å². The van der Waals surface area contributed by atoms with Gasteiger partial charge in [0.25, 0.3) is 5.91 Å². The van der Waals surface area contributed by atoms with E-state index in [-0.39, 0.29) is 11.9 Å². The molecule has 1 aliphatic rings. The van der Waals surface area contributed by atoms with E-state index < -0.39 is 5.50 Å². The molecule has 0 bridgehead atoms. The van der Waals surface area contributed by atoms with Crippen molar-refractivity contribution >= 4 is 23.5 Å². The third-order valence-electron chi connectivity index (χ3n) is 1.46. The number of hydrogen-bond acceptors (Lipinski definition) is 2. The maximum absolute atomic E-state index is 10.9. The first-order valence-corrected chi connectivity index (χ1v) is 3.18. The molecule has 1 atom stereocenters. The van der Waals surface area contributed by atoms with Gasteiger partial charge in [0.05, 0.1) is 0 Å². The standard InChI is InChI=1S/C5H7ClN2O2/c1-7-3(6)4(9)8(2)5(7)10/h3H,1-2H3. The van der Waals surface area contributed by atoms with Crippen LogP contribution >= 0.6 is 11.6 Å². The molecule has 1 unspecified atom stereocenters. The molecular weight excluding hydrogens is 156 g/mol. The van der Waals surface area contributed by atoms with Crippen LogP contribution in [0.2, 0.25) is 0 Å². The highest BCUT2D eigenvalue weighted by molar-refractivity contribution is 6.34. The van der Waals surface area contributed by atoms with Crippen molar-refractivity contribution < 1.29 is 9.59 Å². The van der Waals surface area contributed by atoms with Crippen LogP contribution in [-0.4, -0.2) is 41.3 Å². The molecule has 10 heavy (non-hydrogen) atoms. The number of carbonyl (C=O) groups is 2. The Morgan fingerprint density at radius 1 is 1.40 bits per heavy atom. The fourth-order valence-corrected chi connectivity index (χ4v) is 0.983. The zero-order chi connectivity index (χ0) is 7.89. The van der Waals surface area contributed by atoms with Gasteiger partial charge in [0.2, 0.25) is 0 Å². The summed E-state index contributed by atoms with van der Waals surface area (Å²) in [5.74, 6) is -0.367. The minimum absolute atomic E-state index is 0.356. The minimum atomic E-state index is -0.822. The monoisotopic (exact) mass is 162 g/mol. The van der Waals surface area contributed by atoms with Crippen molar-refractivity contribution in [2.24, 2.45) is 0 Å². The van der Waals surface area contributed by atoms with E-state index in [0.29, 0.717) is 0 Å². The second kappa shape index (κ2) is 2.12. The first-order valence-electron chi connectivity index (χ1n) is 2.74. The van der Waals surface area contributed by atoms with Crippen molar-refractivity contribution in [3.8, 4) is 0 Å². The predicted octanol–water partition coefficient (Wildman–Crippen LogP) is 0.0751. The van der Waals surface area contributed by atoms with Crippen LogP contribution in [0.1, 0.15) is 0 Å². The number of rotatable bonds is 0. The summed E-state index contributed by atoms with van der Waals surface area (Å²) in [5, 5.41) is 0. The molecular formula is C5H7ClN2O2. The smallest absolute Gasteiger partial charge is 0.302 e. The number of carbonyl (C=O) groups excluding carboxylic acids is 2. The van der Waals surface area contributed by atoms with E-state index in [0.717, 1.165) is 4.90 Å². The molecule has 1 rings (SSSR count). The number of amides is 3. The first kappa shape index (κ1) is 7.34. The van der Waals surface area contributed by atoms with E-state index in [2.05, 4.69) is 0 Å². The third kappa shape index (κ3) is 0.759. The molecule has 0 aromatic carbocycles. The zero-order valence-corrected chi connectivity index (χ0v) is 6.42. The van der Waals surface area contributed by atoms with E-state index in [1.165, 1.54) is 19.0 Å². The number of halogens is 1. The van der Waals surface area contributed by atoms with Crippen LogP contribution < -0.4 is 0 Å². The lowest BCUT2D eigenvalue weighted by molar-refractivity contribution is -0.125. The number of nitrogens with zero attached hydrogens (tertiary/aromatic N) is 2. The summed E-state index contributed by atoms with van der Waals surface area (Å²) in [6, 6.07) is -0.356. The van der Waals surface area contributed by atoms with Crippen LogP contribution in [0.4, 0.5) is 4.79 Å². The van der Waals surface area contributed by atoms with Crippen molar-refractivity contribution in [2.45, 2.75) is 5.50 Å².